The van der Waals surface area contributed by atoms with E-state index in [4.69, 9.17) is 32.7 Å². The Kier molecular flexibility index (Phi) is 17.4. The zero-order valence-corrected chi connectivity index (χ0v) is 35.9. The molecule has 296 valence electrons. The number of halogens is 2. The first-order valence-electron chi connectivity index (χ1n) is 18.1. The van der Waals surface area contributed by atoms with Gasteiger partial charge in [0.1, 0.15) is 0 Å². The van der Waals surface area contributed by atoms with Crippen molar-refractivity contribution in [2.75, 3.05) is 30.7 Å². The second-order valence-electron chi connectivity index (χ2n) is 11.9. The number of nitrogens with zero attached hydrogens (tertiary/aromatic N) is 6. The number of carbonyl (C=O) groups is 2. The maximum Gasteiger partial charge on any atom is 0.339 e. The molecule has 6 rings (SSSR count). The van der Waals surface area contributed by atoms with Crippen LogP contribution in [0.1, 0.15) is 66.5 Å². The quantitative estimate of drug-likeness (QED) is 0.0680. The van der Waals surface area contributed by atoms with E-state index in [0.717, 1.165) is 27.6 Å². The van der Waals surface area contributed by atoms with Gasteiger partial charge in [0.2, 0.25) is 10.3 Å². The molecule has 0 bridgehead atoms. The normalized spacial score (nSPS) is 10.8. The lowest BCUT2D eigenvalue weighted by atomic mass is 10.1. The zero-order valence-electron chi connectivity index (χ0n) is 32.7. The highest BCUT2D eigenvalue weighted by Gasteiger charge is 2.15. The molecule has 0 N–H and O–H groups in total. The molecule has 0 aliphatic heterocycles. The second kappa shape index (κ2) is 22.4. The number of ether oxygens (including phenoxy) is 2. The van der Waals surface area contributed by atoms with Crippen molar-refractivity contribution in [2.45, 2.75) is 40.7 Å². The molecule has 14 heteroatoms. The van der Waals surface area contributed by atoms with Gasteiger partial charge in [0.05, 0.1) is 47.7 Å². The fraction of sp³-hybridized carbons (Fsp3) is 0.209. The van der Waals surface area contributed by atoms with Crippen LogP contribution in [-0.2, 0) is 9.47 Å². The van der Waals surface area contributed by atoms with Crippen LogP contribution in [0.25, 0.3) is 22.5 Å². The molecular formula is C43H44Cl2N6O4S2. The van der Waals surface area contributed by atoms with E-state index in [2.05, 4.69) is 20.2 Å². The third-order valence-electron chi connectivity index (χ3n) is 7.56. The lowest BCUT2D eigenvalue weighted by molar-refractivity contribution is 0.0377. The molecule has 0 fully saturated rings. The minimum atomic E-state index is -0.366. The molecular weight excluding hydrogens is 800 g/mol. The third-order valence-corrected chi connectivity index (χ3v) is 10.0. The van der Waals surface area contributed by atoms with Crippen LogP contribution in [0.2, 0.25) is 10.0 Å². The van der Waals surface area contributed by atoms with Gasteiger partial charge in [0.25, 0.3) is 0 Å². The first kappa shape index (κ1) is 44.3. The molecule has 6 aromatic rings. The van der Waals surface area contributed by atoms with Gasteiger partial charge in [0, 0.05) is 57.2 Å². The minimum Gasteiger partial charge on any atom is -0.462 e. The van der Waals surface area contributed by atoms with Crippen molar-refractivity contribution in [1.82, 2.24) is 9.97 Å². The first-order chi connectivity index (χ1) is 27.5. The van der Waals surface area contributed by atoms with Crippen molar-refractivity contribution >= 4 is 80.5 Å². The van der Waals surface area contributed by atoms with Gasteiger partial charge < -0.3 is 9.47 Å². The summed E-state index contributed by atoms with van der Waals surface area (Å²) in [5.74, 6) is -0.729. The number of hydrogen-bond acceptors (Lipinski definition) is 12. The molecule has 0 amide bonds. The summed E-state index contributed by atoms with van der Waals surface area (Å²) in [6.07, 6.45) is 3.08. The van der Waals surface area contributed by atoms with Gasteiger partial charge in [0.15, 0.2) is 0 Å². The van der Waals surface area contributed by atoms with Gasteiger partial charge in [-0.15, -0.1) is 22.7 Å². The highest BCUT2D eigenvalue weighted by molar-refractivity contribution is 7.14. The Hall–Kier alpha value is -5.40. The summed E-state index contributed by atoms with van der Waals surface area (Å²) in [6.45, 7) is 9.75. The Labute approximate surface area is 352 Å². The standard InChI is InChI=1S/C21H20ClN3O2S.C20H18ClN3O2S.C2H6/c1-14(2)27-20(26)16-9-5-4-8-15(16)12-23-25(3)21-24-19(13-28-21)17-10-6-7-11-18(17)22;1-3-26-19(25)15-9-5-4-8-14(15)12-22-24(2)20-23-18(13-27-20)16-10-6-7-11-17(16)21;1-2/h4-14H,1-3H3;4-13H,3H2,1-2H3;1-2H3/b23-12+;22-12+;. The largest absolute Gasteiger partial charge is 0.462 e. The Morgan fingerprint density at radius 2 is 1.09 bits per heavy atom. The van der Waals surface area contributed by atoms with Crippen LogP contribution in [0.5, 0.6) is 0 Å². The number of hydrazone groups is 2. The summed E-state index contributed by atoms with van der Waals surface area (Å²) < 4.78 is 10.4. The molecule has 0 unspecified atom stereocenters. The van der Waals surface area contributed by atoms with Crippen LogP contribution in [0.4, 0.5) is 10.3 Å². The number of hydrogen-bond donors (Lipinski definition) is 0. The molecule has 2 heterocycles. The van der Waals surface area contributed by atoms with Gasteiger partial charge in [-0.25, -0.2) is 29.6 Å². The second-order valence-corrected chi connectivity index (χ2v) is 14.4. The smallest absolute Gasteiger partial charge is 0.339 e. The predicted octanol–water partition coefficient (Wildman–Crippen LogP) is 11.6. The van der Waals surface area contributed by atoms with Gasteiger partial charge in [-0.3, -0.25) is 0 Å². The summed E-state index contributed by atoms with van der Waals surface area (Å²) in [7, 11) is 3.61. The average molecular weight is 844 g/mol. The predicted molar refractivity (Wildman–Crippen MR) is 238 cm³/mol. The summed E-state index contributed by atoms with van der Waals surface area (Å²) in [4.78, 5) is 33.5. The van der Waals surface area contributed by atoms with Crippen molar-refractivity contribution in [3.63, 3.8) is 0 Å². The van der Waals surface area contributed by atoms with Crippen molar-refractivity contribution in [3.05, 3.63) is 140 Å². The third kappa shape index (κ3) is 12.5. The molecule has 0 radical (unpaired) electrons. The number of rotatable bonds is 12. The molecule has 10 nitrogen and oxygen atoms in total. The summed E-state index contributed by atoms with van der Waals surface area (Å²) >= 11 is 15.4. The van der Waals surface area contributed by atoms with E-state index >= 15 is 0 Å². The molecule has 57 heavy (non-hydrogen) atoms. The van der Waals surface area contributed by atoms with E-state index in [-0.39, 0.29) is 18.0 Å². The fourth-order valence-corrected chi connectivity index (χ4v) is 6.84. The molecule has 4 aromatic carbocycles. The van der Waals surface area contributed by atoms with E-state index in [1.165, 1.54) is 22.7 Å². The number of thiazole rings is 2. The Bertz CT molecular complexity index is 2290. The maximum absolute atomic E-state index is 12.3. The monoisotopic (exact) mass is 842 g/mol. The van der Waals surface area contributed by atoms with E-state index in [9.17, 15) is 9.59 Å². The van der Waals surface area contributed by atoms with Crippen LogP contribution >= 0.6 is 45.9 Å². The number of carbonyl (C=O) groups excluding carboxylic acids is 2. The molecule has 0 saturated carbocycles. The highest BCUT2D eigenvalue weighted by Crippen LogP contribution is 2.33. The summed E-state index contributed by atoms with van der Waals surface area (Å²) in [5.41, 5.74) is 5.69. The summed E-state index contributed by atoms with van der Waals surface area (Å²) in [5, 5.41) is 18.8. The molecule has 0 aliphatic carbocycles. The van der Waals surface area contributed by atoms with Gasteiger partial charge >= 0.3 is 11.9 Å². The van der Waals surface area contributed by atoms with Gasteiger partial charge in [-0.05, 0) is 45.0 Å². The van der Waals surface area contributed by atoms with Gasteiger partial charge in [-0.1, -0.05) is 110 Å². The van der Waals surface area contributed by atoms with E-state index in [1.54, 1.807) is 67.7 Å². The van der Waals surface area contributed by atoms with Crippen molar-refractivity contribution in [3.8, 4) is 22.5 Å². The average Bonchev–Trinajstić information content (AvgIpc) is 3.92. The van der Waals surface area contributed by atoms with Gasteiger partial charge in [-0.2, -0.15) is 10.2 Å². The van der Waals surface area contributed by atoms with Crippen LogP contribution in [0.15, 0.2) is 118 Å². The van der Waals surface area contributed by atoms with E-state index in [1.807, 2.05) is 111 Å². The van der Waals surface area contributed by atoms with Crippen LogP contribution in [-0.4, -0.2) is 61.1 Å². The lowest BCUT2D eigenvalue weighted by Gasteiger charge is -2.11. The molecule has 2 aromatic heterocycles. The number of aromatic nitrogens is 2. The highest BCUT2D eigenvalue weighted by atomic mass is 35.5. The van der Waals surface area contributed by atoms with E-state index < -0.39 is 0 Å². The molecule has 0 atom stereocenters. The van der Waals surface area contributed by atoms with Crippen molar-refractivity contribution < 1.29 is 19.1 Å². The summed E-state index contributed by atoms with van der Waals surface area (Å²) in [6, 6.07) is 29.6. The maximum atomic E-state index is 12.3. The Morgan fingerprint density at radius 1 is 0.684 bits per heavy atom. The number of esters is 2. The molecule has 0 saturated heterocycles. The van der Waals surface area contributed by atoms with Crippen LogP contribution < -0.4 is 10.0 Å². The zero-order chi connectivity index (χ0) is 41.3. The number of benzene rings is 4. The van der Waals surface area contributed by atoms with Crippen molar-refractivity contribution in [2.24, 2.45) is 10.2 Å². The van der Waals surface area contributed by atoms with Crippen LogP contribution in [0, 0.1) is 0 Å². The molecule has 0 aliphatic rings. The van der Waals surface area contributed by atoms with E-state index in [0.29, 0.717) is 44.0 Å². The SMILES string of the molecule is CC.CC(C)OC(=O)c1ccccc1/C=N/N(C)c1nc(-c2ccccc2Cl)cs1.CCOC(=O)c1ccccc1/C=N/N(C)c1nc(-c2ccccc2Cl)cs1. The number of anilines is 2. The Morgan fingerprint density at radius 3 is 1.51 bits per heavy atom. The first-order valence-corrected chi connectivity index (χ1v) is 20.6. The topological polar surface area (TPSA) is 110 Å². The fourth-order valence-electron chi connectivity index (χ4n) is 4.88. The minimum absolute atomic E-state index is 0.182. The lowest BCUT2D eigenvalue weighted by Crippen LogP contribution is -2.14. The van der Waals surface area contributed by atoms with Crippen molar-refractivity contribution in [1.29, 1.82) is 0 Å². The Balaban J connectivity index is 0.000000242. The molecule has 0 spiro atoms. The van der Waals surface area contributed by atoms with Crippen LogP contribution in [0.3, 0.4) is 0 Å².